The molecule has 6 nitrogen and oxygen atoms in total. The summed E-state index contributed by atoms with van der Waals surface area (Å²) < 4.78 is 10.4. The third kappa shape index (κ3) is 1.58. The number of aryl methyl sites for hydroxylation is 1. The highest BCUT2D eigenvalue weighted by Gasteiger charge is 2.26. The van der Waals surface area contributed by atoms with Gasteiger partial charge in [0.2, 0.25) is 5.88 Å². The number of hydrogen-bond donors (Lipinski definition) is 2. The minimum Gasteiger partial charge on any atom is -0.481 e. The van der Waals surface area contributed by atoms with Crippen LogP contribution in [0.2, 0.25) is 0 Å². The molecule has 2 aromatic rings. The molecule has 2 N–H and O–H groups in total. The predicted molar refractivity (Wildman–Crippen MR) is 62.8 cm³/mol. The smallest absolute Gasteiger partial charge is 0.213 e. The van der Waals surface area contributed by atoms with E-state index < -0.39 is 6.23 Å². The molecule has 0 aliphatic carbocycles. The van der Waals surface area contributed by atoms with Crippen molar-refractivity contribution in [1.29, 1.82) is 0 Å². The quantitative estimate of drug-likeness (QED) is 0.786. The van der Waals surface area contributed by atoms with Crippen molar-refractivity contribution in [3.8, 4) is 17.1 Å². The van der Waals surface area contributed by atoms with Gasteiger partial charge < -0.3 is 14.4 Å². The predicted octanol–water partition coefficient (Wildman–Crippen LogP) is 1.15. The molecule has 0 aromatic carbocycles. The van der Waals surface area contributed by atoms with Gasteiger partial charge in [-0.15, -0.1) is 0 Å². The lowest BCUT2D eigenvalue weighted by molar-refractivity contribution is 0.134. The molecule has 0 radical (unpaired) electrons. The van der Waals surface area contributed by atoms with Crippen LogP contribution in [0.15, 0.2) is 16.7 Å². The summed E-state index contributed by atoms with van der Waals surface area (Å²) in [5, 5.41) is 16.9. The van der Waals surface area contributed by atoms with E-state index in [1.54, 1.807) is 19.2 Å². The van der Waals surface area contributed by atoms with Gasteiger partial charge in [0.1, 0.15) is 6.23 Å². The van der Waals surface area contributed by atoms with Crippen molar-refractivity contribution in [2.24, 2.45) is 0 Å². The number of methoxy groups -OCH3 is 1. The standard InChI is InChI=1S/C12H13N3O3/c1-6-10-8(18-15-6)5-13-12(16)7-3-4-9(17-2)14-11(7)10/h3-4,12-13,16H,5H2,1-2H3. The number of rotatable bonds is 1. The minimum atomic E-state index is -0.777. The Kier molecular flexibility index (Phi) is 2.53. The molecule has 0 saturated heterocycles. The summed E-state index contributed by atoms with van der Waals surface area (Å²) in [4.78, 5) is 4.39. The van der Waals surface area contributed by atoms with E-state index >= 15 is 0 Å². The van der Waals surface area contributed by atoms with E-state index in [-0.39, 0.29) is 0 Å². The van der Waals surface area contributed by atoms with Gasteiger partial charge in [0, 0.05) is 11.6 Å². The SMILES string of the molecule is COc1ccc2c(n1)-c1c(C)noc1CNC2O. The van der Waals surface area contributed by atoms with Crippen LogP contribution in [-0.4, -0.2) is 22.4 Å². The topological polar surface area (TPSA) is 80.4 Å². The highest BCUT2D eigenvalue weighted by atomic mass is 16.5. The van der Waals surface area contributed by atoms with Crippen LogP contribution < -0.4 is 10.1 Å². The molecule has 94 valence electrons. The van der Waals surface area contributed by atoms with E-state index in [1.165, 1.54) is 0 Å². The average Bonchev–Trinajstić information content (AvgIpc) is 2.69. The van der Waals surface area contributed by atoms with Gasteiger partial charge in [0.05, 0.1) is 30.6 Å². The third-order valence-corrected chi connectivity index (χ3v) is 3.03. The normalized spacial score (nSPS) is 17.8. The van der Waals surface area contributed by atoms with Crippen LogP contribution in [0.4, 0.5) is 0 Å². The van der Waals surface area contributed by atoms with Gasteiger partial charge >= 0.3 is 0 Å². The van der Waals surface area contributed by atoms with Crippen molar-refractivity contribution in [1.82, 2.24) is 15.5 Å². The van der Waals surface area contributed by atoms with Gasteiger partial charge in [-0.1, -0.05) is 5.16 Å². The summed E-state index contributed by atoms with van der Waals surface area (Å²) in [7, 11) is 1.56. The molecule has 1 atom stereocenters. The molecule has 0 bridgehead atoms. The van der Waals surface area contributed by atoms with Crippen molar-refractivity contribution in [2.75, 3.05) is 7.11 Å². The van der Waals surface area contributed by atoms with Crippen LogP contribution in [0.25, 0.3) is 11.3 Å². The summed E-state index contributed by atoms with van der Waals surface area (Å²) in [5.41, 5.74) is 2.93. The van der Waals surface area contributed by atoms with E-state index in [0.29, 0.717) is 29.4 Å². The Bertz CT molecular complexity index is 594. The Balaban J connectivity index is 2.28. The fraction of sp³-hybridized carbons (Fsp3) is 0.333. The Labute approximate surface area is 104 Å². The van der Waals surface area contributed by atoms with E-state index in [4.69, 9.17) is 9.26 Å². The van der Waals surface area contributed by atoms with Crippen molar-refractivity contribution in [3.63, 3.8) is 0 Å². The van der Waals surface area contributed by atoms with Crippen molar-refractivity contribution in [2.45, 2.75) is 19.7 Å². The lowest BCUT2D eigenvalue weighted by Crippen LogP contribution is -2.18. The first-order valence-electron chi connectivity index (χ1n) is 5.62. The third-order valence-electron chi connectivity index (χ3n) is 3.03. The van der Waals surface area contributed by atoms with Gasteiger partial charge in [-0.3, -0.25) is 5.32 Å². The fourth-order valence-corrected chi connectivity index (χ4v) is 2.13. The molecule has 0 amide bonds. The first kappa shape index (κ1) is 11.2. The molecule has 1 aliphatic heterocycles. The second-order valence-electron chi connectivity index (χ2n) is 4.14. The van der Waals surface area contributed by atoms with Crippen LogP contribution in [-0.2, 0) is 6.54 Å². The maximum Gasteiger partial charge on any atom is 0.213 e. The number of nitrogens with one attached hydrogen (secondary N) is 1. The molecule has 3 rings (SSSR count). The first-order valence-corrected chi connectivity index (χ1v) is 5.62. The molecule has 3 heterocycles. The monoisotopic (exact) mass is 247 g/mol. The number of fused-ring (bicyclic) bond motifs is 3. The Morgan fingerprint density at radius 2 is 2.33 bits per heavy atom. The zero-order valence-corrected chi connectivity index (χ0v) is 10.1. The molecule has 18 heavy (non-hydrogen) atoms. The number of aliphatic hydroxyl groups excluding tert-OH is 1. The van der Waals surface area contributed by atoms with Crippen molar-refractivity contribution >= 4 is 0 Å². The van der Waals surface area contributed by atoms with Crippen LogP contribution in [0.3, 0.4) is 0 Å². The van der Waals surface area contributed by atoms with Crippen LogP contribution in [0.5, 0.6) is 5.88 Å². The largest absolute Gasteiger partial charge is 0.481 e. The molecule has 0 fully saturated rings. The summed E-state index contributed by atoms with van der Waals surface area (Å²) in [5.74, 6) is 1.17. The number of ether oxygens (including phenoxy) is 1. The molecular formula is C12H13N3O3. The number of nitrogens with zero attached hydrogens (tertiary/aromatic N) is 2. The summed E-state index contributed by atoms with van der Waals surface area (Å²) >= 11 is 0. The highest BCUT2D eigenvalue weighted by Crippen LogP contribution is 2.35. The van der Waals surface area contributed by atoms with Crippen LogP contribution in [0, 0.1) is 6.92 Å². The Morgan fingerprint density at radius 3 is 3.11 bits per heavy atom. The van der Waals surface area contributed by atoms with Gasteiger partial charge in [-0.2, -0.15) is 0 Å². The van der Waals surface area contributed by atoms with Crippen molar-refractivity contribution < 1.29 is 14.4 Å². The van der Waals surface area contributed by atoms with E-state index in [1.807, 2.05) is 6.92 Å². The van der Waals surface area contributed by atoms with Crippen LogP contribution >= 0.6 is 0 Å². The van der Waals surface area contributed by atoms with E-state index in [0.717, 1.165) is 11.3 Å². The lowest BCUT2D eigenvalue weighted by Gasteiger charge is -2.12. The lowest BCUT2D eigenvalue weighted by atomic mass is 10.0. The molecule has 6 heteroatoms. The average molecular weight is 247 g/mol. The summed E-state index contributed by atoms with van der Waals surface area (Å²) in [6, 6.07) is 3.51. The molecule has 1 aliphatic rings. The molecule has 0 spiro atoms. The van der Waals surface area contributed by atoms with Gasteiger partial charge in [-0.25, -0.2) is 4.98 Å². The zero-order valence-electron chi connectivity index (χ0n) is 10.1. The maximum atomic E-state index is 10.0. The number of hydrogen-bond acceptors (Lipinski definition) is 6. The van der Waals surface area contributed by atoms with Gasteiger partial charge in [0.15, 0.2) is 5.76 Å². The maximum absolute atomic E-state index is 10.0. The Morgan fingerprint density at radius 1 is 1.50 bits per heavy atom. The highest BCUT2D eigenvalue weighted by molar-refractivity contribution is 5.69. The Hall–Kier alpha value is -1.92. The van der Waals surface area contributed by atoms with Gasteiger partial charge in [-0.05, 0) is 13.0 Å². The van der Waals surface area contributed by atoms with E-state index in [9.17, 15) is 5.11 Å². The van der Waals surface area contributed by atoms with Crippen LogP contribution in [0.1, 0.15) is 23.2 Å². The first-order chi connectivity index (χ1) is 8.70. The molecular weight excluding hydrogens is 234 g/mol. The van der Waals surface area contributed by atoms with Crippen molar-refractivity contribution in [3.05, 3.63) is 29.2 Å². The summed E-state index contributed by atoms with van der Waals surface area (Å²) in [6.45, 7) is 2.26. The molecule has 0 saturated carbocycles. The molecule has 1 unspecified atom stereocenters. The van der Waals surface area contributed by atoms with E-state index in [2.05, 4.69) is 15.5 Å². The molecule has 2 aromatic heterocycles. The fourth-order valence-electron chi connectivity index (χ4n) is 2.13. The zero-order chi connectivity index (χ0) is 12.7. The number of aromatic nitrogens is 2. The number of aliphatic hydroxyl groups is 1. The second-order valence-corrected chi connectivity index (χ2v) is 4.14. The minimum absolute atomic E-state index is 0.413. The second kappa shape index (κ2) is 4.08. The number of pyridine rings is 1. The summed E-state index contributed by atoms with van der Waals surface area (Å²) in [6.07, 6.45) is -0.777. The van der Waals surface area contributed by atoms with Gasteiger partial charge in [0.25, 0.3) is 0 Å².